The van der Waals surface area contributed by atoms with E-state index >= 15 is 0 Å². The minimum Gasteiger partial charge on any atom is -0.495 e. The molecule has 0 fully saturated rings. The number of thioether (sulfide) groups is 2. The molecule has 2 aromatic heterocycles. The highest BCUT2D eigenvalue weighted by atomic mass is 32.2. The maximum absolute atomic E-state index is 12.3. The molecule has 2 heterocycles. The number of fused-ring (bicyclic) bond motifs is 3. The van der Waals surface area contributed by atoms with Crippen LogP contribution in [0, 0.1) is 39.0 Å². The summed E-state index contributed by atoms with van der Waals surface area (Å²) in [7, 11) is -19.7. The number of rotatable bonds is 25. The molecule has 7 aromatic rings. The minimum absolute atomic E-state index is 0.0105. The molecule has 0 amide bonds. The summed E-state index contributed by atoms with van der Waals surface area (Å²) in [5.74, 6) is -2.04. The molecule has 0 unspecified atom stereocenters. The number of pyridine rings is 1. The normalized spacial score (nSPS) is 12.4. The topological polar surface area (TPSA) is 447 Å². The maximum atomic E-state index is 12.3. The Kier molecular flexibility index (Phi) is 22.8. The number of benzene rings is 5. The van der Waals surface area contributed by atoms with Crippen LogP contribution in [-0.4, -0.2) is 121 Å². The van der Waals surface area contributed by atoms with Gasteiger partial charge in [-0.1, -0.05) is 18.2 Å². The van der Waals surface area contributed by atoms with Crippen molar-refractivity contribution in [3.63, 3.8) is 0 Å². The van der Waals surface area contributed by atoms with Gasteiger partial charge in [-0.2, -0.15) is 59.4 Å². The third kappa shape index (κ3) is 19.2. The lowest BCUT2D eigenvalue weighted by Gasteiger charge is -2.12. The van der Waals surface area contributed by atoms with Crippen LogP contribution < -0.4 is 9.47 Å². The molecule has 36 heteroatoms. The highest BCUT2D eigenvalue weighted by Crippen LogP contribution is 2.44. The van der Waals surface area contributed by atoms with Crippen molar-refractivity contribution in [2.45, 2.75) is 61.6 Å². The van der Waals surface area contributed by atoms with Crippen LogP contribution in [0.1, 0.15) is 47.1 Å². The SMILES string of the molecule is COc1cc2nc3c(C#N)c(C)c(N=Nc4cc(C)c(N=Nc5cc(C)c(N=Nc6cc(C)c(N=Nc7ccccc7)cc6SCCCS(=O)(=O)O)cc5SCCCS(=O)(=O)O)cc4OCCCS(=O)(=O)O)c(O)n3c2cc1S(=O)(=O)O.O=S(=O)=O. The molecule has 456 valence electrons. The van der Waals surface area contributed by atoms with Crippen molar-refractivity contribution in [3.8, 4) is 23.4 Å². The zero-order valence-corrected chi connectivity index (χ0v) is 51.4. The van der Waals surface area contributed by atoms with E-state index in [1.165, 1.54) is 55.8 Å². The van der Waals surface area contributed by atoms with Crippen molar-refractivity contribution < 1.29 is 79.1 Å². The van der Waals surface area contributed by atoms with Crippen molar-refractivity contribution in [2.75, 3.05) is 42.5 Å². The van der Waals surface area contributed by atoms with Gasteiger partial charge in [0.1, 0.15) is 33.7 Å². The first-order valence-corrected chi connectivity index (χ1v) is 33.9. The van der Waals surface area contributed by atoms with Gasteiger partial charge in [-0.05, 0) is 124 Å². The molecular formula is C50H51N11O18S7. The second-order valence-electron chi connectivity index (χ2n) is 18.1. The van der Waals surface area contributed by atoms with E-state index in [0.717, 1.165) is 10.5 Å². The van der Waals surface area contributed by atoms with Crippen LogP contribution in [0.15, 0.2) is 134 Å². The predicted octanol–water partition coefficient (Wildman–Crippen LogP) is 11.6. The highest BCUT2D eigenvalue weighted by Gasteiger charge is 2.26. The Morgan fingerprint density at radius 1 is 0.605 bits per heavy atom. The predicted molar refractivity (Wildman–Crippen MR) is 317 cm³/mol. The quantitative estimate of drug-likeness (QED) is 0.0154. The molecule has 0 saturated heterocycles. The smallest absolute Gasteiger partial charge is 0.425 e. The summed E-state index contributed by atoms with van der Waals surface area (Å²) in [4.78, 5) is 4.83. The van der Waals surface area contributed by atoms with Crippen LogP contribution in [-0.2, 0) is 51.1 Å². The summed E-state index contributed by atoms with van der Waals surface area (Å²) in [5.41, 5.74) is 3.89. The fourth-order valence-corrected chi connectivity index (χ4v) is 12.2. The summed E-state index contributed by atoms with van der Waals surface area (Å²) in [6.45, 7) is 6.40. The zero-order chi connectivity index (χ0) is 63.3. The Balaban J connectivity index is 0.00000286. The molecule has 0 aliphatic heterocycles. The third-order valence-corrected chi connectivity index (χ3v) is 17.3. The first-order chi connectivity index (χ1) is 40.4. The molecule has 0 atom stereocenters. The summed E-state index contributed by atoms with van der Waals surface area (Å²) in [6.07, 6.45) is 0.0118. The first-order valence-electron chi connectivity index (χ1n) is 24.7. The van der Waals surface area contributed by atoms with E-state index in [-0.39, 0.29) is 93.7 Å². The van der Waals surface area contributed by atoms with Crippen LogP contribution in [0.5, 0.6) is 17.4 Å². The van der Waals surface area contributed by atoms with Gasteiger partial charge < -0.3 is 14.6 Å². The standard InChI is InChI=1S/C50H51N11O15S6.O3S/c1-29-20-39(57-60-48-32(4)34(28-51)49-52-38-24-44(75-5)47(82(72,73)74)27-42(38)61(49)50(48)62)43(76-14-9-17-79(63,64)65)23-35(29)55-58-40-22-31(3)37(26-46(40)78-16-11-19-81(69,70)71)56-59-41-21-30(2)36(54-53-33-12-7-6-8-13-33)25-45(41)77-15-10-18-80(66,67)68;1-4(2)3/h6-8,12-13,20-27,62H,9-11,14-19H2,1-5H3,(H,63,64,65)(H,66,67,68)(H,69,70,71)(H,72,73,74);. The van der Waals surface area contributed by atoms with E-state index in [1.807, 2.05) is 31.2 Å². The van der Waals surface area contributed by atoms with E-state index in [0.29, 0.717) is 54.9 Å². The Labute approximate surface area is 502 Å². The molecule has 0 aliphatic rings. The lowest BCUT2D eigenvalue weighted by Crippen LogP contribution is -2.08. The third-order valence-electron chi connectivity index (χ3n) is 11.8. The van der Waals surface area contributed by atoms with Gasteiger partial charge in [-0.3, -0.25) is 22.6 Å². The number of aromatic hydroxyl groups is 1. The molecule has 0 saturated carbocycles. The Hall–Kier alpha value is -7.70. The van der Waals surface area contributed by atoms with E-state index < -0.39 is 79.1 Å². The molecule has 0 radical (unpaired) electrons. The summed E-state index contributed by atoms with van der Waals surface area (Å²) >= 11 is 2.47. The van der Waals surface area contributed by atoms with Gasteiger partial charge in [0.2, 0.25) is 5.88 Å². The number of methoxy groups -OCH3 is 1. The molecule has 0 bridgehead atoms. The average Bonchev–Trinajstić information content (AvgIpc) is 1.73. The van der Waals surface area contributed by atoms with Crippen LogP contribution in [0.25, 0.3) is 16.7 Å². The molecule has 7 rings (SSSR count). The van der Waals surface area contributed by atoms with E-state index in [9.17, 15) is 62.3 Å². The van der Waals surface area contributed by atoms with E-state index in [2.05, 4.69) is 45.9 Å². The molecule has 29 nitrogen and oxygen atoms in total. The summed E-state index contributed by atoms with van der Waals surface area (Å²) in [6, 6.07) is 23.1. The monoisotopic (exact) mass is 1320 g/mol. The molecule has 5 aromatic carbocycles. The van der Waals surface area contributed by atoms with E-state index in [1.54, 1.807) is 50.2 Å². The van der Waals surface area contributed by atoms with Crippen molar-refractivity contribution in [1.29, 1.82) is 5.26 Å². The minimum atomic E-state index is -4.86. The van der Waals surface area contributed by atoms with Gasteiger partial charge >= 0.3 is 10.6 Å². The average molecular weight is 1320 g/mol. The number of nitriles is 1. The van der Waals surface area contributed by atoms with Crippen LogP contribution in [0.3, 0.4) is 0 Å². The largest absolute Gasteiger partial charge is 0.495 e. The van der Waals surface area contributed by atoms with Crippen LogP contribution in [0.4, 0.5) is 45.5 Å². The summed E-state index contributed by atoms with van der Waals surface area (Å²) in [5, 5.41) is 57.6. The van der Waals surface area contributed by atoms with Crippen molar-refractivity contribution in [3.05, 3.63) is 107 Å². The van der Waals surface area contributed by atoms with Gasteiger partial charge in [0.25, 0.3) is 40.5 Å². The molecule has 0 spiro atoms. The van der Waals surface area contributed by atoms with Crippen molar-refractivity contribution in [2.24, 2.45) is 40.9 Å². The van der Waals surface area contributed by atoms with Gasteiger partial charge in [-0.25, -0.2) is 4.98 Å². The fourth-order valence-electron chi connectivity index (χ4n) is 7.73. The second kappa shape index (κ2) is 29.1. The van der Waals surface area contributed by atoms with Crippen LogP contribution >= 0.6 is 23.5 Å². The van der Waals surface area contributed by atoms with Crippen molar-refractivity contribution in [1.82, 2.24) is 9.38 Å². The Morgan fingerprint density at radius 2 is 1.07 bits per heavy atom. The van der Waals surface area contributed by atoms with Crippen LogP contribution in [0.2, 0.25) is 0 Å². The summed E-state index contributed by atoms with van der Waals surface area (Å²) < 4.78 is 170. The fraction of sp³-hybridized carbons (Fsp3) is 0.280. The maximum Gasteiger partial charge on any atom is 0.425 e. The number of hydrogen-bond acceptors (Lipinski definition) is 26. The van der Waals surface area contributed by atoms with Gasteiger partial charge in [0.05, 0.1) is 76.1 Å². The Bertz CT molecular complexity index is 4500. The number of nitrogens with zero attached hydrogens (tertiary/aromatic N) is 11. The number of aromatic nitrogens is 2. The highest BCUT2D eigenvalue weighted by molar-refractivity contribution is 7.99. The first kappa shape index (κ1) is 67.4. The molecule has 5 N–H and O–H groups in total. The lowest BCUT2D eigenvalue weighted by atomic mass is 10.1. The van der Waals surface area contributed by atoms with E-state index in [4.69, 9.17) is 22.1 Å². The van der Waals surface area contributed by atoms with Gasteiger partial charge in [0.15, 0.2) is 11.3 Å². The van der Waals surface area contributed by atoms with Gasteiger partial charge in [0, 0.05) is 27.5 Å². The number of aryl methyl sites for hydroxylation is 3. The second-order valence-corrected chi connectivity index (χ2v) is 26.9. The molecule has 86 heavy (non-hydrogen) atoms. The Morgan fingerprint density at radius 3 is 1.56 bits per heavy atom. The van der Waals surface area contributed by atoms with Crippen molar-refractivity contribution >= 4 is 137 Å². The lowest BCUT2D eigenvalue weighted by molar-refractivity contribution is 0.317. The number of imidazole rings is 1. The molecule has 0 aliphatic carbocycles. The number of ether oxygens (including phenoxy) is 2. The number of hydrogen-bond donors (Lipinski definition) is 5. The number of azo groups is 4. The zero-order valence-electron chi connectivity index (χ0n) is 45.7. The molecular weight excluding hydrogens is 1270 g/mol. The van der Waals surface area contributed by atoms with Gasteiger partial charge in [-0.15, -0.1) is 56.6 Å².